The highest BCUT2D eigenvalue weighted by atomic mass is 19.1. The molecule has 2 heterocycles. The number of aldehydes is 1. The van der Waals surface area contributed by atoms with Crippen molar-refractivity contribution >= 4 is 17.5 Å². The van der Waals surface area contributed by atoms with Gasteiger partial charge in [-0.1, -0.05) is 6.08 Å². The quantitative estimate of drug-likeness (QED) is 0.846. The standard InChI is InChI=1S/C15H17FN2O/c1-17-14-12(9-19)15(18-7-3-6-13(14)18)10-4-2-5-11(16)8-10/h4,8-9,17H,2-3,5-7H2,1H3. The predicted molar refractivity (Wildman–Crippen MR) is 74.1 cm³/mol. The molecule has 1 N–H and O–H groups in total. The van der Waals surface area contributed by atoms with E-state index in [9.17, 15) is 9.18 Å². The average Bonchev–Trinajstić information content (AvgIpc) is 2.96. The van der Waals surface area contributed by atoms with Gasteiger partial charge in [0.25, 0.3) is 0 Å². The summed E-state index contributed by atoms with van der Waals surface area (Å²) >= 11 is 0. The fourth-order valence-corrected chi connectivity index (χ4v) is 3.14. The topological polar surface area (TPSA) is 34.0 Å². The SMILES string of the molecule is CNc1c(C=O)c(C2=CCCC(F)=C2)n2c1CCC2. The maximum Gasteiger partial charge on any atom is 0.154 e. The molecule has 3 rings (SSSR count). The number of nitrogens with zero attached hydrogens (tertiary/aromatic N) is 1. The molecule has 0 amide bonds. The molecular weight excluding hydrogens is 243 g/mol. The number of carbonyl (C=O) groups is 1. The monoisotopic (exact) mass is 260 g/mol. The average molecular weight is 260 g/mol. The number of fused-ring (bicyclic) bond motifs is 1. The van der Waals surface area contributed by atoms with E-state index in [4.69, 9.17) is 0 Å². The maximum absolute atomic E-state index is 13.5. The third-order valence-electron chi connectivity index (χ3n) is 3.90. The Hall–Kier alpha value is -1.84. The molecule has 0 spiro atoms. The van der Waals surface area contributed by atoms with E-state index in [1.165, 1.54) is 5.69 Å². The molecule has 0 saturated heterocycles. The van der Waals surface area contributed by atoms with Crippen LogP contribution in [-0.4, -0.2) is 17.9 Å². The summed E-state index contributed by atoms with van der Waals surface area (Å²) in [5.41, 5.74) is 4.45. The Morgan fingerprint density at radius 3 is 2.95 bits per heavy atom. The molecule has 2 aliphatic rings. The Morgan fingerprint density at radius 2 is 2.26 bits per heavy atom. The van der Waals surface area contributed by atoms with Gasteiger partial charge in [-0.3, -0.25) is 4.79 Å². The van der Waals surface area contributed by atoms with Crippen molar-refractivity contribution in [1.29, 1.82) is 0 Å². The van der Waals surface area contributed by atoms with Crippen molar-refractivity contribution in [3.05, 3.63) is 34.9 Å². The van der Waals surface area contributed by atoms with Crippen LogP contribution in [0.15, 0.2) is 18.0 Å². The number of carbonyl (C=O) groups excluding carboxylic acids is 1. The van der Waals surface area contributed by atoms with Gasteiger partial charge in [-0.25, -0.2) is 4.39 Å². The lowest BCUT2D eigenvalue weighted by molar-refractivity contribution is 0.112. The number of anilines is 1. The van der Waals surface area contributed by atoms with Gasteiger partial charge in [0.2, 0.25) is 0 Å². The van der Waals surface area contributed by atoms with Crippen molar-refractivity contribution in [2.24, 2.45) is 0 Å². The van der Waals surface area contributed by atoms with Crippen LogP contribution in [0.25, 0.3) is 5.57 Å². The molecule has 0 fully saturated rings. The van der Waals surface area contributed by atoms with Gasteiger partial charge in [-0.2, -0.15) is 0 Å². The third-order valence-corrected chi connectivity index (χ3v) is 3.90. The number of hydrogen-bond donors (Lipinski definition) is 1. The lowest BCUT2D eigenvalue weighted by Crippen LogP contribution is -2.02. The molecule has 1 aliphatic carbocycles. The Bertz CT molecular complexity index is 596. The number of nitrogens with one attached hydrogen (secondary N) is 1. The third kappa shape index (κ3) is 1.82. The number of aromatic nitrogens is 1. The van der Waals surface area contributed by atoms with Gasteiger partial charge in [0.15, 0.2) is 6.29 Å². The van der Waals surface area contributed by atoms with Crippen LogP contribution in [0, 0.1) is 0 Å². The van der Waals surface area contributed by atoms with Gasteiger partial charge in [0.05, 0.1) is 16.9 Å². The second-order valence-corrected chi connectivity index (χ2v) is 5.00. The van der Waals surface area contributed by atoms with Crippen LogP contribution < -0.4 is 5.32 Å². The van der Waals surface area contributed by atoms with Gasteiger partial charge >= 0.3 is 0 Å². The van der Waals surface area contributed by atoms with E-state index in [0.717, 1.165) is 42.6 Å². The predicted octanol–water partition coefficient (Wildman–Crippen LogP) is 3.32. The van der Waals surface area contributed by atoms with Gasteiger partial charge in [0.1, 0.15) is 5.83 Å². The van der Waals surface area contributed by atoms with Crippen molar-refractivity contribution < 1.29 is 9.18 Å². The minimum atomic E-state index is -0.103. The van der Waals surface area contributed by atoms with E-state index in [1.807, 2.05) is 13.1 Å². The molecule has 0 saturated carbocycles. The first-order valence-electron chi connectivity index (χ1n) is 6.71. The van der Waals surface area contributed by atoms with E-state index in [-0.39, 0.29) is 5.83 Å². The molecule has 0 aromatic carbocycles. The Kier molecular flexibility index (Phi) is 3.01. The Balaban J connectivity index is 2.21. The molecule has 0 unspecified atom stereocenters. The van der Waals surface area contributed by atoms with Crippen LogP contribution in [0.4, 0.5) is 10.1 Å². The highest BCUT2D eigenvalue weighted by Crippen LogP contribution is 2.38. The minimum Gasteiger partial charge on any atom is -0.386 e. The summed E-state index contributed by atoms with van der Waals surface area (Å²) in [5, 5.41) is 3.12. The molecule has 4 heteroatoms. The van der Waals surface area contributed by atoms with Gasteiger partial charge < -0.3 is 9.88 Å². The number of halogens is 1. The van der Waals surface area contributed by atoms with E-state index in [0.29, 0.717) is 18.4 Å². The molecular formula is C15H17FN2O. The van der Waals surface area contributed by atoms with Crippen molar-refractivity contribution in [2.45, 2.75) is 32.2 Å². The summed E-state index contributed by atoms with van der Waals surface area (Å²) < 4.78 is 15.7. The zero-order chi connectivity index (χ0) is 13.4. The highest BCUT2D eigenvalue weighted by molar-refractivity contribution is 5.95. The second kappa shape index (κ2) is 4.68. The normalized spacial score (nSPS) is 17.8. The van der Waals surface area contributed by atoms with E-state index >= 15 is 0 Å². The summed E-state index contributed by atoms with van der Waals surface area (Å²) in [4.78, 5) is 11.4. The van der Waals surface area contributed by atoms with Crippen LogP contribution in [0.5, 0.6) is 0 Å². The summed E-state index contributed by atoms with van der Waals surface area (Å²) in [5.74, 6) is -0.103. The van der Waals surface area contributed by atoms with E-state index < -0.39 is 0 Å². The minimum absolute atomic E-state index is 0.103. The largest absolute Gasteiger partial charge is 0.386 e. The molecule has 1 aliphatic heterocycles. The van der Waals surface area contributed by atoms with Gasteiger partial charge in [-0.15, -0.1) is 0 Å². The fourth-order valence-electron chi connectivity index (χ4n) is 3.14. The fraction of sp³-hybridized carbons (Fsp3) is 0.400. The van der Waals surface area contributed by atoms with Crippen LogP contribution in [0.1, 0.15) is 41.0 Å². The molecule has 100 valence electrons. The Labute approximate surface area is 111 Å². The lowest BCUT2D eigenvalue weighted by Gasteiger charge is -2.12. The highest BCUT2D eigenvalue weighted by Gasteiger charge is 2.27. The number of allylic oxidation sites excluding steroid dienone is 4. The smallest absolute Gasteiger partial charge is 0.154 e. The van der Waals surface area contributed by atoms with Crippen molar-refractivity contribution in [3.8, 4) is 0 Å². The maximum atomic E-state index is 13.5. The van der Waals surface area contributed by atoms with Crippen molar-refractivity contribution in [1.82, 2.24) is 4.57 Å². The summed E-state index contributed by atoms with van der Waals surface area (Å²) in [6.45, 7) is 0.903. The molecule has 1 aromatic heterocycles. The van der Waals surface area contributed by atoms with Gasteiger partial charge in [0, 0.05) is 25.7 Å². The first-order valence-corrected chi connectivity index (χ1v) is 6.71. The van der Waals surface area contributed by atoms with Gasteiger partial charge in [-0.05, 0) is 30.9 Å². The molecule has 0 atom stereocenters. The van der Waals surface area contributed by atoms with E-state index in [2.05, 4.69) is 9.88 Å². The second-order valence-electron chi connectivity index (χ2n) is 5.00. The number of hydrogen-bond acceptors (Lipinski definition) is 2. The van der Waals surface area contributed by atoms with Crippen molar-refractivity contribution in [3.63, 3.8) is 0 Å². The summed E-state index contributed by atoms with van der Waals surface area (Å²) in [6.07, 6.45) is 7.69. The van der Waals surface area contributed by atoms with E-state index in [1.54, 1.807) is 6.08 Å². The summed E-state index contributed by atoms with van der Waals surface area (Å²) in [6, 6.07) is 0. The van der Waals surface area contributed by atoms with Crippen LogP contribution in [0.3, 0.4) is 0 Å². The Morgan fingerprint density at radius 1 is 1.42 bits per heavy atom. The molecule has 1 aromatic rings. The van der Waals surface area contributed by atoms with Crippen LogP contribution in [0.2, 0.25) is 0 Å². The van der Waals surface area contributed by atoms with Crippen LogP contribution >= 0.6 is 0 Å². The molecule has 19 heavy (non-hydrogen) atoms. The zero-order valence-electron chi connectivity index (χ0n) is 11.0. The summed E-state index contributed by atoms with van der Waals surface area (Å²) in [7, 11) is 1.83. The first-order chi connectivity index (χ1) is 9.26. The van der Waals surface area contributed by atoms with Crippen LogP contribution in [-0.2, 0) is 13.0 Å². The first kappa shape index (κ1) is 12.2. The molecule has 0 bridgehead atoms. The molecule has 0 radical (unpaired) electrons. The van der Waals surface area contributed by atoms with Crippen molar-refractivity contribution in [2.75, 3.05) is 12.4 Å². The molecule has 3 nitrogen and oxygen atoms in total. The lowest BCUT2D eigenvalue weighted by atomic mass is 10.00. The number of rotatable bonds is 3. The zero-order valence-corrected chi connectivity index (χ0v) is 11.0.